The van der Waals surface area contributed by atoms with Gasteiger partial charge in [0.05, 0.1) is 39.3 Å². The highest BCUT2D eigenvalue weighted by Crippen LogP contribution is 2.31. The number of quaternary nitrogens is 2. The summed E-state index contributed by atoms with van der Waals surface area (Å²) in [6, 6.07) is 27.4. The molecule has 0 fully saturated rings. The monoisotopic (exact) mass is 430 g/mol. The van der Waals surface area contributed by atoms with E-state index < -0.39 is 0 Å². The summed E-state index contributed by atoms with van der Waals surface area (Å²) in [4.78, 5) is 0. The van der Waals surface area contributed by atoms with Gasteiger partial charge in [0.15, 0.2) is 0 Å². The molecule has 0 saturated heterocycles. The summed E-state index contributed by atoms with van der Waals surface area (Å²) in [5.74, 6) is 0. The highest BCUT2D eigenvalue weighted by atomic mass is 15.3. The van der Waals surface area contributed by atoms with Crippen molar-refractivity contribution >= 4 is 11.4 Å². The zero-order valence-corrected chi connectivity index (χ0v) is 21.1. The summed E-state index contributed by atoms with van der Waals surface area (Å²) >= 11 is 0. The fraction of sp³-hybridized carbons (Fsp3) is 0.400. The van der Waals surface area contributed by atoms with Crippen molar-refractivity contribution in [2.24, 2.45) is 0 Å². The minimum Gasteiger partial charge on any atom is -0.292 e. The summed E-state index contributed by atoms with van der Waals surface area (Å²) in [5.41, 5.74) is 7.95. The number of rotatable bonds is 10. The molecule has 0 aliphatic carbocycles. The topological polar surface area (TPSA) is 0 Å². The Labute approximate surface area is 196 Å². The third-order valence-corrected chi connectivity index (χ3v) is 8.01. The Morgan fingerprint density at radius 3 is 0.719 bits per heavy atom. The Balaban J connectivity index is 1.81. The molecule has 0 heterocycles. The molecule has 3 rings (SSSR count). The molecular formula is C30H42N2+2. The molecule has 0 saturated carbocycles. The van der Waals surface area contributed by atoms with Crippen molar-refractivity contribution in [3.05, 3.63) is 72.8 Å². The van der Waals surface area contributed by atoms with Gasteiger partial charge in [-0.15, -0.1) is 0 Å². The van der Waals surface area contributed by atoms with Crippen LogP contribution in [0.25, 0.3) is 22.3 Å². The summed E-state index contributed by atoms with van der Waals surface area (Å²) in [5, 5.41) is 0. The molecule has 0 N–H and O–H groups in total. The molecule has 2 nitrogen and oxygen atoms in total. The highest BCUT2D eigenvalue weighted by Gasteiger charge is 2.25. The minimum absolute atomic E-state index is 1.04. The van der Waals surface area contributed by atoms with E-state index >= 15 is 0 Å². The molecule has 3 aromatic rings. The Morgan fingerprint density at radius 2 is 0.531 bits per heavy atom. The molecule has 0 aliphatic heterocycles. The Hall–Kier alpha value is -2.42. The van der Waals surface area contributed by atoms with Crippen LogP contribution in [0.3, 0.4) is 0 Å². The zero-order valence-electron chi connectivity index (χ0n) is 21.1. The van der Waals surface area contributed by atoms with Crippen LogP contribution in [0, 0.1) is 0 Å². The number of benzene rings is 3. The molecule has 0 radical (unpaired) electrons. The van der Waals surface area contributed by atoms with Gasteiger partial charge in [-0.25, -0.2) is 0 Å². The fourth-order valence-corrected chi connectivity index (χ4v) is 5.23. The molecule has 32 heavy (non-hydrogen) atoms. The average Bonchev–Trinajstić information content (AvgIpc) is 2.88. The van der Waals surface area contributed by atoms with Crippen molar-refractivity contribution in [3.8, 4) is 22.3 Å². The van der Waals surface area contributed by atoms with Gasteiger partial charge in [0.1, 0.15) is 11.4 Å². The minimum atomic E-state index is 1.04. The normalized spacial score (nSPS) is 12.2. The van der Waals surface area contributed by atoms with Crippen LogP contribution in [-0.4, -0.2) is 39.3 Å². The van der Waals surface area contributed by atoms with E-state index in [0.717, 1.165) is 48.2 Å². The molecule has 0 atom stereocenters. The van der Waals surface area contributed by atoms with Crippen LogP contribution in [0.15, 0.2) is 72.8 Å². The molecule has 0 bridgehead atoms. The lowest BCUT2D eigenvalue weighted by Crippen LogP contribution is -2.48. The number of hydrogen-bond acceptors (Lipinski definition) is 0. The average molecular weight is 431 g/mol. The Kier molecular flexibility index (Phi) is 7.92. The van der Waals surface area contributed by atoms with Gasteiger partial charge in [0.2, 0.25) is 0 Å². The second-order valence-corrected chi connectivity index (χ2v) is 8.86. The molecule has 0 amide bonds. The first-order valence-corrected chi connectivity index (χ1v) is 12.6. The lowest BCUT2D eigenvalue weighted by molar-refractivity contribution is 0.316. The second-order valence-electron chi connectivity index (χ2n) is 8.86. The van der Waals surface area contributed by atoms with Crippen molar-refractivity contribution in [1.82, 2.24) is 8.97 Å². The predicted octanol–water partition coefficient (Wildman–Crippen LogP) is 7.75. The van der Waals surface area contributed by atoms with Crippen molar-refractivity contribution in [2.75, 3.05) is 39.3 Å². The second kappa shape index (κ2) is 10.5. The number of nitrogens with zero attached hydrogens (tertiary/aromatic N) is 2. The van der Waals surface area contributed by atoms with Gasteiger partial charge in [-0.2, -0.15) is 0 Å². The molecule has 3 aromatic carbocycles. The van der Waals surface area contributed by atoms with E-state index in [4.69, 9.17) is 0 Å². The van der Waals surface area contributed by atoms with E-state index in [9.17, 15) is 0 Å². The van der Waals surface area contributed by atoms with Crippen molar-refractivity contribution in [1.29, 1.82) is 0 Å². The van der Waals surface area contributed by atoms with Gasteiger partial charge in [0.25, 0.3) is 0 Å². The molecule has 2 heteroatoms. The van der Waals surface area contributed by atoms with Crippen LogP contribution in [0.4, 0.5) is 11.4 Å². The SMILES string of the molecule is CC[N+](CC)(CC)c1ccc(-c2ccc(-c3ccc([N+](CC)(CC)CC)cc3)cc2)cc1. The smallest absolute Gasteiger partial charge is 0.132 e. The predicted molar refractivity (Wildman–Crippen MR) is 144 cm³/mol. The van der Waals surface area contributed by atoms with E-state index in [1.165, 1.54) is 33.6 Å². The largest absolute Gasteiger partial charge is 0.292 e. The fourth-order valence-electron chi connectivity index (χ4n) is 5.23. The lowest BCUT2D eigenvalue weighted by Gasteiger charge is -2.35. The molecule has 0 aromatic heterocycles. The highest BCUT2D eigenvalue weighted by molar-refractivity contribution is 5.72. The van der Waals surface area contributed by atoms with Crippen LogP contribution < -0.4 is 8.97 Å². The summed E-state index contributed by atoms with van der Waals surface area (Å²) in [6.07, 6.45) is 0. The van der Waals surface area contributed by atoms with Crippen LogP contribution in [0.1, 0.15) is 41.5 Å². The van der Waals surface area contributed by atoms with Crippen molar-refractivity contribution in [2.45, 2.75) is 41.5 Å². The quantitative estimate of drug-likeness (QED) is 0.288. The molecular weight excluding hydrogens is 388 g/mol. The van der Waals surface area contributed by atoms with Gasteiger partial charge < -0.3 is 0 Å². The standard InChI is InChI=1S/C30H42N2/c1-7-31(8-2,9-3)29-21-17-27(18-22-29)25-13-15-26(16-14-25)28-19-23-30(24-20-28)32(10-4,11-5)12-6/h13-24H,7-12H2,1-6H3/q+2. The molecule has 0 spiro atoms. The number of hydrogen-bond donors (Lipinski definition) is 0. The van der Waals surface area contributed by atoms with Gasteiger partial charge in [0, 0.05) is 0 Å². The third kappa shape index (κ3) is 4.53. The maximum atomic E-state index is 2.32. The van der Waals surface area contributed by atoms with E-state index in [0.29, 0.717) is 0 Å². The summed E-state index contributed by atoms with van der Waals surface area (Å²) in [6.45, 7) is 20.5. The van der Waals surface area contributed by atoms with E-state index in [2.05, 4.69) is 114 Å². The first-order valence-electron chi connectivity index (χ1n) is 12.6. The van der Waals surface area contributed by atoms with Crippen LogP contribution in [-0.2, 0) is 0 Å². The first kappa shape index (κ1) is 24.2. The maximum Gasteiger partial charge on any atom is 0.132 e. The molecule has 0 unspecified atom stereocenters. The van der Waals surface area contributed by atoms with E-state index in [-0.39, 0.29) is 0 Å². The first-order chi connectivity index (χ1) is 15.5. The maximum absolute atomic E-state index is 2.32. The molecule has 170 valence electrons. The van der Waals surface area contributed by atoms with Gasteiger partial charge in [-0.1, -0.05) is 24.3 Å². The van der Waals surface area contributed by atoms with Crippen LogP contribution in [0.2, 0.25) is 0 Å². The third-order valence-electron chi connectivity index (χ3n) is 8.01. The Bertz CT molecular complexity index is 862. The van der Waals surface area contributed by atoms with Crippen molar-refractivity contribution in [3.63, 3.8) is 0 Å². The van der Waals surface area contributed by atoms with Crippen LogP contribution >= 0.6 is 0 Å². The van der Waals surface area contributed by atoms with Crippen molar-refractivity contribution < 1.29 is 0 Å². The summed E-state index contributed by atoms with van der Waals surface area (Å²) in [7, 11) is 0. The van der Waals surface area contributed by atoms with Gasteiger partial charge >= 0.3 is 0 Å². The summed E-state index contributed by atoms with van der Waals surface area (Å²) < 4.78 is 2.09. The molecule has 0 aliphatic rings. The van der Waals surface area contributed by atoms with E-state index in [1.807, 2.05) is 0 Å². The lowest BCUT2D eigenvalue weighted by atomic mass is 9.99. The van der Waals surface area contributed by atoms with Gasteiger partial charge in [-0.05, 0) is 112 Å². The zero-order chi connectivity index (χ0) is 23.2. The van der Waals surface area contributed by atoms with Gasteiger partial charge in [-0.3, -0.25) is 8.97 Å². The van der Waals surface area contributed by atoms with Crippen LogP contribution in [0.5, 0.6) is 0 Å². The Morgan fingerprint density at radius 1 is 0.344 bits per heavy atom. The van der Waals surface area contributed by atoms with E-state index in [1.54, 1.807) is 0 Å².